The van der Waals surface area contributed by atoms with Crippen molar-refractivity contribution in [3.63, 3.8) is 0 Å². The Morgan fingerprint density at radius 1 is 1.42 bits per heavy atom. The number of carbonyl (C=O) groups excluding carboxylic acids is 1. The average molecular weight is 372 g/mol. The van der Waals surface area contributed by atoms with Gasteiger partial charge in [-0.15, -0.1) is 0 Å². The lowest BCUT2D eigenvalue weighted by Crippen LogP contribution is -2.46. The maximum atomic E-state index is 13.6. The maximum absolute atomic E-state index is 13.6. The van der Waals surface area contributed by atoms with E-state index in [1.54, 1.807) is 17.9 Å². The second-order valence-corrected chi connectivity index (χ2v) is 8.34. The Kier molecular flexibility index (Phi) is 4.35. The summed E-state index contributed by atoms with van der Waals surface area (Å²) in [7, 11) is -1.55. The molecule has 1 amide bonds. The van der Waals surface area contributed by atoms with Crippen LogP contribution >= 0.6 is 11.6 Å². The van der Waals surface area contributed by atoms with Gasteiger partial charge in [-0.2, -0.15) is 5.10 Å². The maximum Gasteiger partial charge on any atom is 0.254 e. The van der Waals surface area contributed by atoms with E-state index in [1.165, 1.54) is 23.2 Å². The Bertz CT molecular complexity index is 897. The SMILES string of the molecule is Cn1cc([C@H]2CS(=O)(=O)CCN2C(=O)c2ccc(Cl)c(F)c2)cn1. The molecular weight excluding hydrogens is 357 g/mol. The lowest BCUT2D eigenvalue weighted by atomic mass is 10.1. The van der Waals surface area contributed by atoms with Crippen molar-refractivity contribution in [3.8, 4) is 0 Å². The molecule has 2 aromatic rings. The Morgan fingerprint density at radius 3 is 2.79 bits per heavy atom. The van der Waals surface area contributed by atoms with Crippen molar-refractivity contribution in [1.29, 1.82) is 0 Å². The topological polar surface area (TPSA) is 72.3 Å². The van der Waals surface area contributed by atoms with E-state index >= 15 is 0 Å². The molecule has 0 N–H and O–H groups in total. The molecule has 0 radical (unpaired) electrons. The number of sulfone groups is 1. The smallest absolute Gasteiger partial charge is 0.254 e. The van der Waals surface area contributed by atoms with Crippen LogP contribution in [0.2, 0.25) is 5.02 Å². The van der Waals surface area contributed by atoms with Crippen molar-refractivity contribution in [3.05, 3.63) is 52.6 Å². The molecule has 3 rings (SSSR count). The number of halogens is 2. The van der Waals surface area contributed by atoms with Gasteiger partial charge in [-0.05, 0) is 18.2 Å². The van der Waals surface area contributed by atoms with Gasteiger partial charge in [-0.1, -0.05) is 11.6 Å². The van der Waals surface area contributed by atoms with Crippen molar-refractivity contribution < 1.29 is 17.6 Å². The minimum absolute atomic E-state index is 0.0466. The van der Waals surface area contributed by atoms with Crippen LogP contribution in [0.15, 0.2) is 30.6 Å². The predicted octanol–water partition coefficient (Wildman–Crippen LogP) is 1.82. The van der Waals surface area contributed by atoms with E-state index in [4.69, 9.17) is 11.6 Å². The number of hydrogen-bond acceptors (Lipinski definition) is 4. The van der Waals surface area contributed by atoms with Crippen LogP contribution < -0.4 is 0 Å². The van der Waals surface area contributed by atoms with Crippen molar-refractivity contribution in [2.45, 2.75) is 6.04 Å². The lowest BCUT2D eigenvalue weighted by Gasteiger charge is -2.35. The molecule has 1 aromatic carbocycles. The van der Waals surface area contributed by atoms with Crippen LogP contribution in [0.4, 0.5) is 4.39 Å². The molecule has 24 heavy (non-hydrogen) atoms. The van der Waals surface area contributed by atoms with Gasteiger partial charge in [0.25, 0.3) is 5.91 Å². The van der Waals surface area contributed by atoms with Gasteiger partial charge in [-0.3, -0.25) is 9.48 Å². The minimum atomic E-state index is -3.26. The highest BCUT2D eigenvalue weighted by molar-refractivity contribution is 7.91. The first kappa shape index (κ1) is 16.9. The first-order chi connectivity index (χ1) is 11.3. The second kappa shape index (κ2) is 6.18. The Morgan fingerprint density at radius 2 is 2.17 bits per heavy atom. The average Bonchev–Trinajstić information content (AvgIpc) is 2.95. The van der Waals surface area contributed by atoms with E-state index in [1.807, 2.05) is 0 Å². The molecule has 9 heteroatoms. The summed E-state index contributed by atoms with van der Waals surface area (Å²) >= 11 is 5.65. The van der Waals surface area contributed by atoms with Gasteiger partial charge in [-0.25, -0.2) is 12.8 Å². The van der Waals surface area contributed by atoms with E-state index in [2.05, 4.69) is 5.10 Å². The fourth-order valence-corrected chi connectivity index (χ4v) is 4.35. The number of aryl methyl sites for hydroxylation is 1. The van der Waals surface area contributed by atoms with Crippen LogP contribution in [-0.4, -0.2) is 47.1 Å². The van der Waals surface area contributed by atoms with Crippen LogP contribution in [0.5, 0.6) is 0 Å². The number of benzene rings is 1. The van der Waals surface area contributed by atoms with E-state index < -0.39 is 27.6 Å². The first-order valence-electron chi connectivity index (χ1n) is 7.22. The summed E-state index contributed by atoms with van der Waals surface area (Å²) in [4.78, 5) is 14.2. The van der Waals surface area contributed by atoms with E-state index in [9.17, 15) is 17.6 Å². The number of rotatable bonds is 2. The quantitative estimate of drug-likeness (QED) is 0.807. The fraction of sp³-hybridized carbons (Fsp3) is 0.333. The molecule has 1 saturated heterocycles. The molecule has 1 fully saturated rings. The van der Waals surface area contributed by atoms with Crippen molar-refractivity contribution in [2.24, 2.45) is 7.05 Å². The first-order valence-corrected chi connectivity index (χ1v) is 9.42. The molecule has 2 heterocycles. The summed E-state index contributed by atoms with van der Waals surface area (Å²) in [5.41, 5.74) is 0.758. The monoisotopic (exact) mass is 371 g/mol. The van der Waals surface area contributed by atoms with Crippen molar-refractivity contribution in [1.82, 2.24) is 14.7 Å². The molecule has 1 aromatic heterocycles. The highest BCUT2D eigenvalue weighted by Crippen LogP contribution is 2.28. The standard InChI is InChI=1S/C15H15ClFN3O3S/c1-19-8-11(7-18-19)14-9-24(22,23)5-4-20(14)15(21)10-2-3-12(16)13(17)6-10/h2-3,6-8,14H,4-5,9H2,1H3/t14-/m1/s1. The minimum Gasteiger partial charge on any atom is -0.329 e. The second-order valence-electron chi connectivity index (χ2n) is 5.70. The van der Waals surface area contributed by atoms with Crippen LogP contribution in [-0.2, 0) is 16.9 Å². The molecule has 0 spiro atoms. The molecule has 1 aliphatic heterocycles. The molecule has 0 unspecified atom stereocenters. The Hall–Kier alpha value is -1.93. The number of hydrogen-bond donors (Lipinski definition) is 0. The molecule has 0 bridgehead atoms. The van der Waals surface area contributed by atoms with Gasteiger partial charge >= 0.3 is 0 Å². The summed E-state index contributed by atoms with van der Waals surface area (Å²) in [5.74, 6) is -1.43. The fourth-order valence-electron chi connectivity index (χ4n) is 2.73. The zero-order chi connectivity index (χ0) is 17.5. The van der Waals surface area contributed by atoms with E-state index in [0.717, 1.165) is 6.07 Å². The van der Waals surface area contributed by atoms with Crippen LogP contribution in [0.1, 0.15) is 22.0 Å². The van der Waals surface area contributed by atoms with Crippen LogP contribution in [0.25, 0.3) is 0 Å². The van der Waals surface area contributed by atoms with Gasteiger partial charge < -0.3 is 4.90 Å². The summed E-state index contributed by atoms with van der Waals surface area (Å²) in [6, 6.07) is 3.15. The zero-order valence-electron chi connectivity index (χ0n) is 12.8. The van der Waals surface area contributed by atoms with E-state index in [0.29, 0.717) is 5.56 Å². The third kappa shape index (κ3) is 3.29. The van der Waals surface area contributed by atoms with Crippen molar-refractivity contribution >= 4 is 27.3 Å². The summed E-state index contributed by atoms with van der Waals surface area (Å²) in [6.07, 6.45) is 3.21. The largest absolute Gasteiger partial charge is 0.329 e. The summed E-state index contributed by atoms with van der Waals surface area (Å²) in [6.45, 7) is 0.0466. The molecule has 1 atom stereocenters. The number of carbonyl (C=O) groups is 1. The van der Waals surface area contributed by atoms with Crippen LogP contribution in [0, 0.1) is 5.82 Å². The van der Waals surface area contributed by atoms with Gasteiger partial charge in [0.2, 0.25) is 0 Å². The molecule has 6 nitrogen and oxygen atoms in total. The Balaban J connectivity index is 1.97. The normalized spacial score (nSPS) is 20.1. The Labute approximate surface area is 143 Å². The summed E-state index contributed by atoms with van der Waals surface area (Å²) in [5, 5.41) is 3.97. The van der Waals surface area contributed by atoms with Gasteiger partial charge in [0.1, 0.15) is 5.82 Å². The number of nitrogens with zero attached hydrogens (tertiary/aromatic N) is 3. The van der Waals surface area contributed by atoms with E-state index in [-0.39, 0.29) is 28.6 Å². The third-order valence-corrected chi connectivity index (χ3v) is 5.90. The highest BCUT2D eigenvalue weighted by atomic mass is 35.5. The molecule has 1 aliphatic rings. The molecule has 128 valence electrons. The predicted molar refractivity (Wildman–Crippen MR) is 87.0 cm³/mol. The van der Waals surface area contributed by atoms with Gasteiger partial charge in [0.15, 0.2) is 9.84 Å². The lowest BCUT2D eigenvalue weighted by molar-refractivity contribution is 0.0697. The number of aromatic nitrogens is 2. The molecular formula is C15H15ClFN3O3S. The molecule has 0 saturated carbocycles. The summed E-state index contributed by atoms with van der Waals surface area (Å²) < 4.78 is 39.2. The van der Waals surface area contributed by atoms with Crippen molar-refractivity contribution in [2.75, 3.05) is 18.1 Å². The number of amides is 1. The third-order valence-electron chi connectivity index (χ3n) is 3.97. The zero-order valence-corrected chi connectivity index (χ0v) is 14.4. The highest BCUT2D eigenvalue weighted by Gasteiger charge is 2.36. The van der Waals surface area contributed by atoms with Gasteiger partial charge in [0.05, 0.1) is 28.8 Å². The molecule has 0 aliphatic carbocycles. The van der Waals surface area contributed by atoms with Gasteiger partial charge in [0, 0.05) is 30.9 Å². The van der Waals surface area contributed by atoms with Crippen LogP contribution in [0.3, 0.4) is 0 Å².